The van der Waals surface area contributed by atoms with Crippen molar-refractivity contribution in [2.75, 3.05) is 32.5 Å². The van der Waals surface area contributed by atoms with Gasteiger partial charge in [0.15, 0.2) is 0 Å². The summed E-state index contributed by atoms with van der Waals surface area (Å²) in [6.07, 6.45) is 6.04. The van der Waals surface area contributed by atoms with Gasteiger partial charge < -0.3 is 4.74 Å². The number of hydrogen-bond donors (Lipinski definition) is 0. The number of piperidine rings is 1. The molecule has 0 bridgehead atoms. The number of hydrogen-bond acceptors (Lipinski definition) is 5. The Morgan fingerprint density at radius 1 is 1.43 bits per heavy atom. The molecule has 0 aliphatic carbocycles. The van der Waals surface area contributed by atoms with Crippen LogP contribution < -0.4 is 0 Å². The molecular weight excluding hydrogens is 292 g/mol. The summed E-state index contributed by atoms with van der Waals surface area (Å²) in [4.78, 5) is 2.28. The molecule has 2 atom stereocenters. The second-order valence-electron chi connectivity index (χ2n) is 5.90. The van der Waals surface area contributed by atoms with Crippen molar-refractivity contribution in [2.45, 2.75) is 25.1 Å². The number of aromatic nitrogens is 2. The minimum absolute atomic E-state index is 0.0265. The van der Waals surface area contributed by atoms with Gasteiger partial charge in [-0.15, -0.1) is 0 Å². The predicted molar refractivity (Wildman–Crippen MR) is 78.2 cm³/mol. The molecule has 0 unspecified atom stereocenters. The Labute approximate surface area is 125 Å². The highest BCUT2D eigenvalue weighted by Gasteiger charge is 2.40. The number of ether oxygens (including phenoxy) is 1. The minimum atomic E-state index is -3.18. The molecule has 0 saturated carbocycles. The van der Waals surface area contributed by atoms with Crippen LogP contribution in [0.5, 0.6) is 0 Å². The molecule has 21 heavy (non-hydrogen) atoms. The van der Waals surface area contributed by atoms with Gasteiger partial charge in [-0.1, -0.05) is 0 Å². The Hall–Kier alpha value is -0.960. The number of fused-ring (bicyclic) bond motifs is 1. The van der Waals surface area contributed by atoms with Crippen molar-refractivity contribution < 1.29 is 13.2 Å². The van der Waals surface area contributed by atoms with Crippen LogP contribution in [0.25, 0.3) is 0 Å². The molecule has 0 aromatic carbocycles. The lowest BCUT2D eigenvalue weighted by Crippen LogP contribution is -2.60. The predicted octanol–water partition coefficient (Wildman–Crippen LogP) is -0.345. The molecule has 3 rings (SSSR count). The van der Waals surface area contributed by atoms with Crippen molar-refractivity contribution in [3.63, 3.8) is 0 Å². The largest absolute Gasteiger partial charge is 0.375 e. The lowest BCUT2D eigenvalue weighted by atomic mass is 10.0. The number of sulfonamides is 1. The first-order valence-electron chi connectivity index (χ1n) is 7.22. The fourth-order valence-electron chi connectivity index (χ4n) is 3.27. The summed E-state index contributed by atoms with van der Waals surface area (Å²) < 4.78 is 33.1. The Balaban J connectivity index is 1.71. The van der Waals surface area contributed by atoms with Crippen LogP contribution in [0.4, 0.5) is 0 Å². The van der Waals surface area contributed by atoms with Crippen molar-refractivity contribution in [2.24, 2.45) is 7.05 Å². The Bertz CT molecular complexity index is 600. The smallest absolute Gasteiger partial charge is 0.211 e. The number of aryl methyl sites for hydroxylation is 1. The van der Waals surface area contributed by atoms with E-state index >= 15 is 0 Å². The van der Waals surface area contributed by atoms with Gasteiger partial charge in [-0.3, -0.25) is 9.58 Å². The fraction of sp³-hybridized carbons (Fsp3) is 0.769. The van der Waals surface area contributed by atoms with E-state index in [1.54, 1.807) is 8.99 Å². The molecule has 0 amide bonds. The van der Waals surface area contributed by atoms with Crippen molar-refractivity contribution in [3.05, 3.63) is 18.0 Å². The molecule has 0 spiro atoms. The number of rotatable bonds is 3. The lowest BCUT2D eigenvalue weighted by Gasteiger charge is -2.45. The summed E-state index contributed by atoms with van der Waals surface area (Å²) in [7, 11) is -1.28. The maximum absolute atomic E-state index is 11.9. The highest BCUT2D eigenvalue weighted by atomic mass is 32.2. The average Bonchev–Trinajstić information content (AvgIpc) is 2.82. The van der Waals surface area contributed by atoms with E-state index in [0.717, 1.165) is 25.1 Å². The maximum atomic E-state index is 11.9. The van der Waals surface area contributed by atoms with Gasteiger partial charge in [-0.05, 0) is 6.42 Å². The van der Waals surface area contributed by atoms with E-state index in [9.17, 15) is 8.42 Å². The molecule has 1 aromatic heterocycles. The minimum Gasteiger partial charge on any atom is -0.375 e. The van der Waals surface area contributed by atoms with Crippen molar-refractivity contribution in [3.8, 4) is 0 Å². The van der Waals surface area contributed by atoms with Gasteiger partial charge in [-0.25, -0.2) is 8.42 Å². The first-order valence-corrected chi connectivity index (χ1v) is 9.06. The van der Waals surface area contributed by atoms with Gasteiger partial charge in [0.2, 0.25) is 10.0 Å². The highest BCUT2D eigenvalue weighted by molar-refractivity contribution is 7.88. The van der Waals surface area contributed by atoms with Gasteiger partial charge in [0, 0.05) is 45.0 Å². The van der Waals surface area contributed by atoms with Crippen molar-refractivity contribution in [1.82, 2.24) is 19.0 Å². The van der Waals surface area contributed by atoms with E-state index in [1.165, 1.54) is 6.26 Å². The van der Waals surface area contributed by atoms with Crippen LogP contribution in [-0.2, 0) is 28.4 Å². The highest BCUT2D eigenvalue weighted by Crippen LogP contribution is 2.25. The molecule has 7 nitrogen and oxygen atoms in total. The Morgan fingerprint density at radius 2 is 2.24 bits per heavy atom. The molecule has 3 heterocycles. The Morgan fingerprint density at radius 3 is 2.90 bits per heavy atom. The fourth-order valence-corrected chi connectivity index (χ4v) is 4.37. The van der Waals surface area contributed by atoms with Crippen molar-refractivity contribution >= 4 is 10.0 Å². The van der Waals surface area contributed by atoms with Gasteiger partial charge >= 0.3 is 0 Å². The van der Waals surface area contributed by atoms with Crippen LogP contribution in [0.15, 0.2) is 12.4 Å². The molecule has 2 aliphatic heterocycles. The molecule has 2 saturated heterocycles. The van der Waals surface area contributed by atoms with E-state index in [2.05, 4.69) is 10.00 Å². The molecule has 0 radical (unpaired) electrons. The summed E-state index contributed by atoms with van der Waals surface area (Å²) >= 11 is 0. The zero-order valence-corrected chi connectivity index (χ0v) is 13.3. The van der Waals surface area contributed by atoms with Gasteiger partial charge in [0.05, 0.1) is 31.2 Å². The van der Waals surface area contributed by atoms with E-state index in [1.807, 2.05) is 19.4 Å². The lowest BCUT2D eigenvalue weighted by molar-refractivity contribution is -0.0768. The zero-order chi connectivity index (χ0) is 15.0. The zero-order valence-electron chi connectivity index (χ0n) is 12.5. The van der Waals surface area contributed by atoms with E-state index < -0.39 is 10.0 Å². The molecule has 2 aliphatic rings. The second-order valence-corrected chi connectivity index (χ2v) is 7.83. The molecule has 8 heteroatoms. The van der Waals surface area contributed by atoms with E-state index in [0.29, 0.717) is 19.7 Å². The van der Waals surface area contributed by atoms with Crippen LogP contribution in [0.1, 0.15) is 12.0 Å². The summed E-state index contributed by atoms with van der Waals surface area (Å²) in [5.74, 6) is 0. The summed E-state index contributed by atoms with van der Waals surface area (Å²) in [6.45, 7) is 3.40. The van der Waals surface area contributed by atoms with E-state index in [4.69, 9.17) is 4.74 Å². The van der Waals surface area contributed by atoms with Crippen LogP contribution in [0, 0.1) is 0 Å². The molecular formula is C13H22N4O3S. The standard InChI is InChI=1S/C13H22N4O3S/c1-15-8-11(7-14-15)9-16-4-3-13-12(10-16)17(5-6-20-13)21(2,18)19/h7-8,12-13H,3-6,9-10H2,1-2H3/t12-,13-/m0/s1. The second kappa shape index (κ2) is 5.68. The quantitative estimate of drug-likeness (QED) is 0.763. The monoisotopic (exact) mass is 314 g/mol. The van der Waals surface area contributed by atoms with E-state index in [-0.39, 0.29) is 12.1 Å². The summed E-state index contributed by atoms with van der Waals surface area (Å²) in [6, 6.07) is -0.0702. The third kappa shape index (κ3) is 3.28. The van der Waals surface area contributed by atoms with Crippen molar-refractivity contribution in [1.29, 1.82) is 0 Å². The number of morpholine rings is 1. The van der Waals surface area contributed by atoms with Gasteiger partial charge in [-0.2, -0.15) is 9.40 Å². The first kappa shape index (κ1) is 15.0. The van der Waals surface area contributed by atoms with Crippen LogP contribution in [0.2, 0.25) is 0 Å². The molecule has 2 fully saturated rings. The van der Waals surface area contributed by atoms with Crippen LogP contribution >= 0.6 is 0 Å². The summed E-state index contributed by atoms with van der Waals surface area (Å²) in [5.41, 5.74) is 1.15. The SMILES string of the molecule is Cn1cc(CN2CC[C@@H]3OCCN(S(C)(=O)=O)[C@H]3C2)cn1. The van der Waals surface area contributed by atoms with Crippen LogP contribution in [-0.4, -0.2) is 72.0 Å². The van der Waals surface area contributed by atoms with Crippen LogP contribution in [0.3, 0.4) is 0 Å². The number of likely N-dealkylation sites (tertiary alicyclic amines) is 1. The van der Waals surface area contributed by atoms with Gasteiger partial charge in [0.25, 0.3) is 0 Å². The first-order chi connectivity index (χ1) is 9.93. The molecule has 1 aromatic rings. The normalized spacial score (nSPS) is 28.5. The third-order valence-electron chi connectivity index (χ3n) is 4.21. The topological polar surface area (TPSA) is 67.7 Å². The number of nitrogens with zero attached hydrogens (tertiary/aromatic N) is 4. The third-order valence-corrected chi connectivity index (χ3v) is 5.51. The van der Waals surface area contributed by atoms with Gasteiger partial charge in [0.1, 0.15) is 0 Å². The average molecular weight is 314 g/mol. The summed E-state index contributed by atoms with van der Waals surface area (Å²) in [5, 5.41) is 4.18. The Kier molecular flexibility index (Phi) is 4.04. The molecule has 0 N–H and O–H groups in total. The maximum Gasteiger partial charge on any atom is 0.211 e. The molecule has 118 valence electrons.